The second-order valence-electron chi connectivity index (χ2n) is 5.35. The summed E-state index contributed by atoms with van der Waals surface area (Å²) in [7, 11) is 0. The van der Waals surface area contributed by atoms with Crippen LogP contribution in [-0.2, 0) is 14.9 Å². The van der Waals surface area contributed by atoms with E-state index >= 15 is 0 Å². The van der Waals surface area contributed by atoms with Gasteiger partial charge in [-0.2, -0.15) is 0 Å². The monoisotopic (exact) mass is 322 g/mol. The first kappa shape index (κ1) is 13.1. The average Bonchev–Trinajstić information content (AvgIpc) is 2.86. The first-order valence-corrected chi connectivity index (χ1v) is 8.78. The van der Waals surface area contributed by atoms with Gasteiger partial charge in [0.05, 0.1) is 0 Å². The molecule has 0 spiro atoms. The minimum absolute atomic E-state index is 0.00125. The zero-order valence-corrected chi connectivity index (χ0v) is 12.9. The van der Waals surface area contributed by atoms with Gasteiger partial charge in [-0.15, -0.1) is 0 Å². The molecule has 1 aromatic carbocycles. The van der Waals surface area contributed by atoms with Crippen molar-refractivity contribution in [3.8, 4) is 0 Å². The van der Waals surface area contributed by atoms with Gasteiger partial charge in [-0.05, 0) is 0 Å². The molecular formula is C16H18O2Se. The van der Waals surface area contributed by atoms with Gasteiger partial charge in [0.25, 0.3) is 0 Å². The summed E-state index contributed by atoms with van der Waals surface area (Å²) in [5.41, 5.74) is 1.33. The summed E-state index contributed by atoms with van der Waals surface area (Å²) < 4.78 is 5.89. The maximum atomic E-state index is 12.3. The number of hydrogen-bond acceptors (Lipinski definition) is 2. The Kier molecular flexibility index (Phi) is 3.38. The molecule has 2 aliphatic heterocycles. The van der Waals surface area contributed by atoms with Crippen LogP contribution in [0, 0.1) is 11.8 Å². The van der Waals surface area contributed by atoms with Crippen molar-refractivity contribution in [1.29, 1.82) is 0 Å². The third-order valence-corrected chi connectivity index (χ3v) is 7.30. The fourth-order valence-corrected chi connectivity index (χ4v) is 5.50. The molecule has 0 saturated carbocycles. The zero-order chi connectivity index (χ0) is 13.5. The van der Waals surface area contributed by atoms with Crippen molar-refractivity contribution in [2.24, 2.45) is 11.8 Å². The molecule has 1 fully saturated rings. The number of ether oxygens (including phenoxy) is 1. The quantitative estimate of drug-likeness (QED) is 0.631. The number of fused-ring (bicyclic) bond motifs is 2. The Balaban J connectivity index is 1.77. The first-order chi connectivity index (χ1) is 9.12. The molecule has 0 N–H and O–H groups in total. The van der Waals surface area contributed by atoms with Gasteiger partial charge in [-0.3, -0.25) is 0 Å². The fourth-order valence-electron chi connectivity index (χ4n) is 2.77. The second-order valence-corrected chi connectivity index (χ2v) is 7.90. The molecule has 0 amide bonds. The van der Waals surface area contributed by atoms with Crippen LogP contribution in [0.15, 0.2) is 42.5 Å². The first-order valence-electron chi connectivity index (χ1n) is 6.71. The molecule has 2 heterocycles. The van der Waals surface area contributed by atoms with E-state index in [-0.39, 0.29) is 37.4 Å². The summed E-state index contributed by atoms with van der Waals surface area (Å²) in [6.45, 7) is 4.00. The van der Waals surface area contributed by atoms with Crippen molar-refractivity contribution < 1.29 is 9.53 Å². The molecular weight excluding hydrogens is 303 g/mol. The van der Waals surface area contributed by atoms with Crippen LogP contribution >= 0.6 is 0 Å². The van der Waals surface area contributed by atoms with Gasteiger partial charge in [0.1, 0.15) is 0 Å². The van der Waals surface area contributed by atoms with Crippen LogP contribution in [0.1, 0.15) is 19.4 Å². The van der Waals surface area contributed by atoms with Gasteiger partial charge < -0.3 is 0 Å². The predicted octanol–water partition coefficient (Wildman–Crippen LogP) is 2.40. The number of carbonyl (C=O) groups excluding carboxylic acids is 1. The number of carbonyl (C=O) groups is 1. The van der Waals surface area contributed by atoms with Crippen molar-refractivity contribution >= 4 is 20.7 Å². The standard InChI is InChI=1S/C16H18O2Se/c1-11-14-8-9-16(18-14,12(2)15(11)17)19-10-13-6-4-3-5-7-13/h3-9,11-12,14H,10H2,1-2H3/t11-,12-,14-,16+/m0/s1. The molecule has 3 rings (SSSR count). The third kappa shape index (κ3) is 2.20. The normalized spacial score (nSPS) is 36.7. The Morgan fingerprint density at radius 1 is 1.26 bits per heavy atom. The molecule has 0 radical (unpaired) electrons. The second kappa shape index (κ2) is 4.90. The third-order valence-electron chi connectivity index (χ3n) is 4.12. The van der Waals surface area contributed by atoms with Crippen LogP contribution in [0.2, 0.25) is 0 Å². The van der Waals surface area contributed by atoms with Gasteiger partial charge in [-0.25, -0.2) is 0 Å². The van der Waals surface area contributed by atoms with Gasteiger partial charge in [-0.1, -0.05) is 0 Å². The topological polar surface area (TPSA) is 26.3 Å². The maximum absolute atomic E-state index is 12.3. The van der Waals surface area contributed by atoms with Crippen LogP contribution in [0.4, 0.5) is 0 Å². The van der Waals surface area contributed by atoms with Gasteiger partial charge >= 0.3 is 120 Å². The number of Topliss-reactive ketones (excluding diaryl/α,β-unsaturated/α-hetero) is 1. The number of benzene rings is 1. The summed E-state index contributed by atoms with van der Waals surface area (Å²) in [6, 6.07) is 10.5. The SMILES string of the molecule is C[C@@H]1C(=O)[C@H](C)[C@]2([Se]Cc3ccccc3)C=C[C@@H]1O2. The molecule has 1 aromatic rings. The molecule has 2 aliphatic rings. The van der Waals surface area contributed by atoms with Crippen molar-refractivity contribution in [2.45, 2.75) is 29.8 Å². The van der Waals surface area contributed by atoms with Crippen molar-refractivity contribution in [1.82, 2.24) is 0 Å². The van der Waals surface area contributed by atoms with Crippen LogP contribution < -0.4 is 0 Å². The molecule has 4 atom stereocenters. The zero-order valence-electron chi connectivity index (χ0n) is 11.2. The van der Waals surface area contributed by atoms with E-state index in [0.29, 0.717) is 5.78 Å². The minimum atomic E-state index is -0.308. The fraction of sp³-hybridized carbons (Fsp3) is 0.438. The molecule has 2 bridgehead atoms. The molecule has 0 unspecified atom stereocenters. The summed E-state index contributed by atoms with van der Waals surface area (Å²) in [6.07, 6.45) is 4.26. The number of ketones is 1. The van der Waals surface area contributed by atoms with E-state index in [2.05, 4.69) is 36.4 Å². The molecule has 3 heteroatoms. The van der Waals surface area contributed by atoms with E-state index in [1.54, 1.807) is 0 Å². The molecule has 2 nitrogen and oxygen atoms in total. The van der Waals surface area contributed by atoms with Crippen molar-refractivity contribution in [2.75, 3.05) is 0 Å². The van der Waals surface area contributed by atoms with Crippen molar-refractivity contribution in [3.05, 3.63) is 48.0 Å². The Bertz CT molecular complexity index is 511. The van der Waals surface area contributed by atoms with E-state index in [1.165, 1.54) is 5.56 Å². The van der Waals surface area contributed by atoms with E-state index < -0.39 is 0 Å². The number of rotatable bonds is 3. The molecule has 0 aliphatic carbocycles. The van der Waals surface area contributed by atoms with Crippen molar-refractivity contribution in [3.63, 3.8) is 0 Å². The summed E-state index contributed by atoms with van der Waals surface area (Å²) in [5.74, 6) is 0.354. The molecule has 0 aromatic heterocycles. The van der Waals surface area contributed by atoms with Crippen LogP contribution in [0.25, 0.3) is 0 Å². The van der Waals surface area contributed by atoms with Crippen LogP contribution in [0.5, 0.6) is 0 Å². The average molecular weight is 321 g/mol. The molecule has 19 heavy (non-hydrogen) atoms. The summed E-state index contributed by atoms with van der Waals surface area (Å²) >= 11 is 0.245. The Morgan fingerprint density at radius 2 is 2.00 bits per heavy atom. The van der Waals surface area contributed by atoms with E-state index in [4.69, 9.17) is 4.74 Å². The Morgan fingerprint density at radius 3 is 2.74 bits per heavy atom. The van der Waals surface area contributed by atoms with Gasteiger partial charge in [0.15, 0.2) is 0 Å². The van der Waals surface area contributed by atoms with Crippen LogP contribution in [0.3, 0.4) is 0 Å². The van der Waals surface area contributed by atoms with E-state index in [9.17, 15) is 4.79 Å². The summed E-state index contributed by atoms with van der Waals surface area (Å²) in [4.78, 5) is 12.3. The summed E-state index contributed by atoms with van der Waals surface area (Å²) in [5, 5.41) is 1.01. The van der Waals surface area contributed by atoms with Crippen LogP contribution in [-0.4, -0.2) is 31.3 Å². The Labute approximate surface area is 120 Å². The number of hydrogen-bond donors (Lipinski definition) is 0. The van der Waals surface area contributed by atoms with Gasteiger partial charge in [0.2, 0.25) is 0 Å². The Hall–Kier alpha value is -0.891. The van der Waals surface area contributed by atoms with E-state index in [0.717, 1.165) is 5.32 Å². The molecule has 100 valence electrons. The molecule has 1 saturated heterocycles. The van der Waals surface area contributed by atoms with E-state index in [1.807, 2.05) is 19.9 Å². The predicted molar refractivity (Wildman–Crippen MR) is 76.0 cm³/mol. The van der Waals surface area contributed by atoms with Gasteiger partial charge in [0, 0.05) is 0 Å².